The zero-order chi connectivity index (χ0) is 17.0. The van der Waals surface area contributed by atoms with Gasteiger partial charge in [0.25, 0.3) is 0 Å². The third kappa shape index (κ3) is 2.21. The van der Waals surface area contributed by atoms with Gasteiger partial charge in [-0.2, -0.15) is 0 Å². The van der Waals surface area contributed by atoms with Gasteiger partial charge in [-0.25, -0.2) is 0 Å². The topological polar surface area (TPSA) is 4.93 Å². The lowest BCUT2D eigenvalue weighted by molar-refractivity contribution is 1.18. The summed E-state index contributed by atoms with van der Waals surface area (Å²) in [6.07, 6.45) is 0. The van der Waals surface area contributed by atoms with E-state index in [9.17, 15) is 0 Å². The van der Waals surface area contributed by atoms with Crippen molar-refractivity contribution in [2.45, 2.75) is 0 Å². The van der Waals surface area contributed by atoms with Gasteiger partial charge in [-0.1, -0.05) is 70.0 Å². The molecule has 1 heterocycles. The average molecular weight is 407 g/mol. The first kappa shape index (κ1) is 15.0. The molecule has 0 saturated heterocycles. The Bertz CT molecular complexity index is 1260. The summed E-state index contributed by atoms with van der Waals surface area (Å²) in [5, 5.41) is 5.61. The van der Waals surface area contributed by atoms with Crippen LogP contribution in [0.1, 0.15) is 0 Å². The Hall–Kier alpha value is -2.29. The Kier molecular flexibility index (Phi) is 3.37. The highest BCUT2D eigenvalue weighted by Crippen LogP contribution is 2.40. The maximum atomic E-state index is 6.34. The lowest BCUT2D eigenvalue weighted by Gasteiger charge is -2.09. The molecule has 120 valence electrons. The SMILES string of the molecule is Clc1ccc2c(c1)c1c3ccccc3c(Br)cc1n2-c1ccccc1. The first-order valence-corrected chi connectivity index (χ1v) is 9.27. The second-order valence-corrected chi connectivity index (χ2v) is 7.42. The summed E-state index contributed by atoms with van der Waals surface area (Å²) < 4.78 is 3.40. The molecule has 5 rings (SSSR count). The molecular weight excluding hydrogens is 394 g/mol. The normalized spacial score (nSPS) is 11.6. The fourth-order valence-electron chi connectivity index (χ4n) is 3.67. The molecule has 0 aliphatic carbocycles. The summed E-state index contributed by atoms with van der Waals surface area (Å²) in [5.41, 5.74) is 3.48. The van der Waals surface area contributed by atoms with Crippen LogP contribution < -0.4 is 0 Å². The molecule has 0 spiro atoms. The van der Waals surface area contributed by atoms with Crippen molar-refractivity contribution in [2.75, 3.05) is 0 Å². The van der Waals surface area contributed by atoms with Crippen LogP contribution in [0.25, 0.3) is 38.3 Å². The molecule has 0 bridgehead atoms. The van der Waals surface area contributed by atoms with E-state index < -0.39 is 0 Å². The molecule has 0 aliphatic heterocycles. The second-order valence-electron chi connectivity index (χ2n) is 6.13. The quantitative estimate of drug-likeness (QED) is 0.274. The van der Waals surface area contributed by atoms with Crippen molar-refractivity contribution in [3.8, 4) is 5.69 Å². The van der Waals surface area contributed by atoms with Crippen molar-refractivity contribution in [3.05, 3.63) is 88.4 Å². The van der Waals surface area contributed by atoms with Crippen molar-refractivity contribution in [1.29, 1.82) is 0 Å². The van der Waals surface area contributed by atoms with Crippen molar-refractivity contribution < 1.29 is 0 Å². The zero-order valence-corrected chi connectivity index (χ0v) is 15.6. The molecule has 4 aromatic carbocycles. The predicted molar refractivity (Wildman–Crippen MR) is 111 cm³/mol. The second kappa shape index (κ2) is 5.62. The lowest BCUT2D eigenvalue weighted by atomic mass is 10.0. The Balaban J connectivity index is 2.10. The first-order valence-electron chi connectivity index (χ1n) is 8.10. The summed E-state index contributed by atoms with van der Waals surface area (Å²) in [6, 6.07) is 27.3. The van der Waals surface area contributed by atoms with Crippen LogP contribution in [0.3, 0.4) is 0 Å². The first-order chi connectivity index (χ1) is 12.2. The Labute approximate surface area is 158 Å². The Morgan fingerprint density at radius 1 is 0.680 bits per heavy atom. The minimum atomic E-state index is 0.756. The van der Waals surface area contributed by atoms with Crippen LogP contribution in [0, 0.1) is 0 Å². The van der Waals surface area contributed by atoms with Gasteiger partial charge >= 0.3 is 0 Å². The van der Waals surface area contributed by atoms with Crippen LogP contribution in [0.4, 0.5) is 0 Å². The summed E-state index contributed by atoms with van der Waals surface area (Å²) in [5.74, 6) is 0. The van der Waals surface area contributed by atoms with Gasteiger partial charge in [0.2, 0.25) is 0 Å². The molecule has 0 amide bonds. The summed E-state index contributed by atoms with van der Waals surface area (Å²) in [7, 11) is 0. The maximum Gasteiger partial charge on any atom is 0.0558 e. The molecule has 1 nitrogen and oxygen atoms in total. The highest BCUT2D eigenvalue weighted by atomic mass is 79.9. The summed E-state index contributed by atoms with van der Waals surface area (Å²) in [6.45, 7) is 0. The van der Waals surface area contributed by atoms with E-state index in [1.807, 2.05) is 12.1 Å². The highest BCUT2D eigenvalue weighted by molar-refractivity contribution is 9.10. The van der Waals surface area contributed by atoms with Gasteiger partial charge in [-0.15, -0.1) is 0 Å². The molecule has 0 radical (unpaired) electrons. The predicted octanol–water partition coefficient (Wildman–Crippen LogP) is 7.35. The van der Waals surface area contributed by atoms with Gasteiger partial charge in [0.05, 0.1) is 11.0 Å². The smallest absolute Gasteiger partial charge is 0.0558 e. The van der Waals surface area contributed by atoms with E-state index in [-0.39, 0.29) is 0 Å². The number of hydrogen-bond donors (Lipinski definition) is 0. The summed E-state index contributed by atoms with van der Waals surface area (Å²) >= 11 is 10.1. The minimum Gasteiger partial charge on any atom is -0.309 e. The van der Waals surface area contributed by atoms with E-state index in [1.165, 1.54) is 27.1 Å². The molecule has 0 unspecified atom stereocenters. The van der Waals surface area contributed by atoms with E-state index in [2.05, 4.69) is 87.2 Å². The number of aromatic nitrogens is 1. The number of para-hydroxylation sites is 1. The third-order valence-electron chi connectivity index (χ3n) is 4.70. The van der Waals surface area contributed by atoms with Crippen molar-refractivity contribution in [1.82, 2.24) is 4.57 Å². The van der Waals surface area contributed by atoms with Crippen LogP contribution >= 0.6 is 27.5 Å². The number of halogens is 2. The van der Waals surface area contributed by atoms with Crippen LogP contribution in [0.15, 0.2) is 83.3 Å². The van der Waals surface area contributed by atoms with Gasteiger partial charge < -0.3 is 4.57 Å². The monoisotopic (exact) mass is 405 g/mol. The van der Waals surface area contributed by atoms with E-state index >= 15 is 0 Å². The largest absolute Gasteiger partial charge is 0.309 e. The van der Waals surface area contributed by atoms with Gasteiger partial charge in [0.1, 0.15) is 0 Å². The Morgan fingerprint density at radius 2 is 1.40 bits per heavy atom. The number of rotatable bonds is 1. The highest BCUT2D eigenvalue weighted by Gasteiger charge is 2.16. The number of fused-ring (bicyclic) bond motifs is 5. The third-order valence-corrected chi connectivity index (χ3v) is 5.59. The van der Waals surface area contributed by atoms with E-state index in [0.29, 0.717) is 0 Å². The molecule has 5 aromatic rings. The van der Waals surface area contributed by atoms with Gasteiger partial charge in [0.15, 0.2) is 0 Å². The van der Waals surface area contributed by atoms with Crippen LogP contribution in [-0.4, -0.2) is 4.57 Å². The molecule has 0 saturated carbocycles. The number of hydrogen-bond acceptors (Lipinski definition) is 0. The fourth-order valence-corrected chi connectivity index (χ4v) is 4.40. The lowest BCUT2D eigenvalue weighted by Crippen LogP contribution is -1.93. The fraction of sp³-hybridized carbons (Fsp3) is 0. The standard InChI is InChI=1S/C22H13BrClN/c23-19-13-21-22(17-9-5-4-8-16(17)19)18-12-14(24)10-11-20(18)25(21)15-6-2-1-3-7-15/h1-13H. The van der Waals surface area contributed by atoms with Crippen molar-refractivity contribution >= 4 is 60.1 Å². The molecule has 0 N–H and O–H groups in total. The van der Waals surface area contributed by atoms with Gasteiger partial charge in [-0.05, 0) is 47.2 Å². The number of nitrogens with zero attached hydrogens (tertiary/aromatic N) is 1. The molecule has 0 atom stereocenters. The molecular formula is C22H13BrClN. The van der Waals surface area contributed by atoms with Crippen LogP contribution in [0.5, 0.6) is 0 Å². The van der Waals surface area contributed by atoms with E-state index in [4.69, 9.17) is 11.6 Å². The minimum absolute atomic E-state index is 0.756. The van der Waals surface area contributed by atoms with E-state index in [1.54, 1.807) is 0 Å². The molecule has 3 heteroatoms. The van der Waals surface area contributed by atoms with E-state index in [0.717, 1.165) is 20.7 Å². The van der Waals surface area contributed by atoms with Gasteiger partial charge in [0, 0.05) is 26.0 Å². The summed E-state index contributed by atoms with van der Waals surface area (Å²) in [4.78, 5) is 0. The van der Waals surface area contributed by atoms with Gasteiger partial charge in [-0.3, -0.25) is 0 Å². The maximum absolute atomic E-state index is 6.34. The van der Waals surface area contributed by atoms with Crippen molar-refractivity contribution in [3.63, 3.8) is 0 Å². The molecule has 1 aromatic heterocycles. The van der Waals surface area contributed by atoms with Crippen LogP contribution in [-0.2, 0) is 0 Å². The van der Waals surface area contributed by atoms with Crippen LogP contribution in [0.2, 0.25) is 5.02 Å². The number of benzene rings is 4. The van der Waals surface area contributed by atoms with Crippen molar-refractivity contribution in [2.24, 2.45) is 0 Å². The Morgan fingerprint density at radius 3 is 2.20 bits per heavy atom. The zero-order valence-electron chi connectivity index (χ0n) is 13.2. The molecule has 0 aliphatic rings. The molecule has 25 heavy (non-hydrogen) atoms. The molecule has 0 fully saturated rings. The average Bonchev–Trinajstić information content (AvgIpc) is 2.96.